The Labute approximate surface area is 143 Å². The lowest BCUT2D eigenvalue weighted by molar-refractivity contribution is 0.240. The molecule has 1 aliphatic rings. The number of aryl methyl sites for hydroxylation is 1. The Morgan fingerprint density at radius 1 is 0.875 bits per heavy atom. The van der Waals surface area contributed by atoms with Gasteiger partial charge >= 0.3 is 0 Å². The third-order valence-electron chi connectivity index (χ3n) is 4.88. The van der Waals surface area contributed by atoms with Crippen LogP contribution in [-0.2, 0) is 7.05 Å². The van der Waals surface area contributed by atoms with Crippen molar-refractivity contribution in [3.63, 3.8) is 0 Å². The van der Waals surface area contributed by atoms with Crippen molar-refractivity contribution in [1.82, 2.24) is 9.58 Å². The number of aromatic nitrogens is 1. The van der Waals surface area contributed by atoms with Crippen LogP contribution in [0.3, 0.4) is 0 Å². The molecular weight excluding hydrogens is 294 g/mol. The van der Waals surface area contributed by atoms with E-state index in [9.17, 15) is 0 Å². The van der Waals surface area contributed by atoms with E-state index in [0.29, 0.717) is 0 Å². The van der Waals surface area contributed by atoms with Crippen molar-refractivity contribution in [1.29, 1.82) is 0 Å². The van der Waals surface area contributed by atoms with E-state index in [2.05, 4.69) is 77.4 Å². The number of fused-ring (bicyclic) bond motifs is 1. The first-order valence-corrected chi connectivity index (χ1v) is 8.76. The maximum absolute atomic E-state index is 4.80. The van der Waals surface area contributed by atoms with Crippen LogP contribution in [0, 0.1) is 0 Å². The molecule has 0 N–H and O–H groups in total. The first kappa shape index (κ1) is 15.0. The van der Waals surface area contributed by atoms with Crippen molar-refractivity contribution in [3.05, 3.63) is 60.2 Å². The highest BCUT2D eigenvalue weighted by Crippen LogP contribution is 2.31. The third kappa shape index (κ3) is 2.71. The molecule has 24 heavy (non-hydrogen) atoms. The summed E-state index contributed by atoms with van der Waals surface area (Å²) in [6.07, 6.45) is 5.89. The minimum Gasteiger partial charge on any atom is -0.343 e. The zero-order valence-electron chi connectivity index (χ0n) is 14.2. The molecule has 3 nitrogen and oxygen atoms in total. The van der Waals surface area contributed by atoms with Gasteiger partial charge in [-0.15, -0.1) is 0 Å². The summed E-state index contributed by atoms with van der Waals surface area (Å²) < 4.78 is 2.28. The largest absolute Gasteiger partial charge is 0.343 e. The number of benzene rings is 2. The molecule has 2 heterocycles. The number of nitrogens with zero attached hydrogens (tertiary/aromatic N) is 3. The smallest absolute Gasteiger partial charge is 0.0578 e. The molecular formula is C21H23N3. The van der Waals surface area contributed by atoms with Crippen LogP contribution >= 0.6 is 0 Å². The van der Waals surface area contributed by atoms with Gasteiger partial charge in [0.05, 0.1) is 11.9 Å². The molecule has 122 valence electrons. The van der Waals surface area contributed by atoms with Gasteiger partial charge in [-0.3, -0.25) is 5.01 Å². The first-order chi connectivity index (χ1) is 11.8. The van der Waals surface area contributed by atoms with Crippen LogP contribution < -0.4 is 0 Å². The topological polar surface area (TPSA) is 20.5 Å². The monoisotopic (exact) mass is 317 g/mol. The van der Waals surface area contributed by atoms with E-state index < -0.39 is 0 Å². The van der Waals surface area contributed by atoms with E-state index in [4.69, 9.17) is 5.10 Å². The normalized spacial score (nSPS) is 15.5. The molecule has 1 aromatic heterocycles. The van der Waals surface area contributed by atoms with E-state index in [0.717, 1.165) is 13.1 Å². The van der Waals surface area contributed by atoms with Crippen LogP contribution in [-0.4, -0.2) is 28.9 Å². The zero-order chi connectivity index (χ0) is 16.4. The predicted octanol–water partition coefficient (Wildman–Crippen LogP) is 4.67. The average Bonchev–Trinajstić information content (AvgIpc) is 2.94. The molecule has 0 aliphatic carbocycles. The van der Waals surface area contributed by atoms with Crippen molar-refractivity contribution in [2.75, 3.05) is 13.1 Å². The third-order valence-corrected chi connectivity index (χ3v) is 4.88. The number of hydrazone groups is 1. The summed E-state index contributed by atoms with van der Waals surface area (Å²) >= 11 is 0. The summed E-state index contributed by atoms with van der Waals surface area (Å²) in [4.78, 5) is 0. The lowest BCUT2D eigenvalue weighted by atomic mass is 10.1. The van der Waals surface area contributed by atoms with Gasteiger partial charge in [-0.2, -0.15) is 5.10 Å². The van der Waals surface area contributed by atoms with Crippen LogP contribution in [0.5, 0.6) is 0 Å². The lowest BCUT2D eigenvalue weighted by Crippen LogP contribution is -2.24. The Hall–Kier alpha value is -2.55. The van der Waals surface area contributed by atoms with Crippen molar-refractivity contribution in [2.45, 2.75) is 19.3 Å². The standard InChI is InChI=1S/C21H23N3/c1-23-20-13-7-6-12-18(20)19(16-22-24-14-8-3-9-15-24)21(23)17-10-4-2-5-11-17/h2,4-7,10-13,16H,3,8-9,14-15H2,1H3/b22-16-. The van der Waals surface area contributed by atoms with E-state index in [1.165, 1.54) is 47.0 Å². The second-order valence-corrected chi connectivity index (χ2v) is 6.46. The number of rotatable bonds is 3. The molecule has 0 saturated carbocycles. The Bertz CT molecular complexity index is 855. The van der Waals surface area contributed by atoms with E-state index >= 15 is 0 Å². The van der Waals surface area contributed by atoms with Gasteiger partial charge in [-0.1, -0.05) is 48.5 Å². The minimum absolute atomic E-state index is 1.07. The average molecular weight is 317 g/mol. The molecule has 0 atom stereocenters. The molecule has 3 aromatic rings. The number of para-hydroxylation sites is 1. The molecule has 1 saturated heterocycles. The van der Waals surface area contributed by atoms with Crippen molar-refractivity contribution in [3.8, 4) is 11.3 Å². The number of hydrogen-bond acceptors (Lipinski definition) is 2. The Kier molecular flexibility index (Phi) is 4.08. The zero-order valence-corrected chi connectivity index (χ0v) is 14.2. The van der Waals surface area contributed by atoms with Crippen molar-refractivity contribution >= 4 is 17.1 Å². The quantitative estimate of drug-likeness (QED) is 0.643. The molecule has 1 aliphatic heterocycles. The molecule has 0 unspecified atom stereocenters. The highest BCUT2D eigenvalue weighted by Gasteiger charge is 2.15. The van der Waals surface area contributed by atoms with Crippen LogP contribution in [0.25, 0.3) is 22.2 Å². The van der Waals surface area contributed by atoms with Gasteiger partial charge in [0.1, 0.15) is 0 Å². The van der Waals surface area contributed by atoms with Gasteiger partial charge in [0, 0.05) is 36.6 Å². The predicted molar refractivity (Wildman–Crippen MR) is 101 cm³/mol. The van der Waals surface area contributed by atoms with Gasteiger partial charge in [0.2, 0.25) is 0 Å². The van der Waals surface area contributed by atoms with Crippen LogP contribution in [0.15, 0.2) is 59.7 Å². The van der Waals surface area contributed by atoms with Crippen LogP contribution in [0.1, 0.15) is 24.8 Å². The van der Waals surface area contributed by atoms with E-state index in [1.54, 1.807) is 0 Å². The fraction of sp³-hybridized carbons (Fsp3) is 0.286. The molecule has 0 spiro atoms. The van der Waals surface area contributed by atoms with Crippen molar-refractivity contribution < 1.29 is 0 Å². The van der Waals surface area contributed by atoms with Gasteiger partial charge in [0.25, 0.3) is 0 Å². The second-order valence-electron chi connectivity index (χ2n) is 6.46. The summed E-state index contributed by atoms with van der Waals surface area (Å²) in [5.74, 6) is 0. The highest BCUT2D eigenvalue weighted by molar-refractivity contribution is 6.06. The maximum atomic E-state index is 4.80. The van der Waals surface area contributed by atoms with Gasteiger partial charge in [0.15, 0.2) is 0 Å². The Balaban J connectivity index is 1.84. The van der Waals surface area contributed by atoms with E-state index in [1.807, 2.05) is 0 Å². The number of piperidine rings is 1. The molecule has 0 amide bonds. The minimum atomic E-state index is 1.07. The molecule has 2 aromatic carbocycles. The van der Waals surface area contributed by atoms with Gasteiger partial charge < -0.3 is 4.57 Å². The summed E-state index contributed by atoms with van der Waals surface area (Å²) in [5.41, 5.74) is 4.93. The molecule has 4 rings (SSSR count). The second kappa shape index (κ2) is 6.52. The summed E-state index contributed by atoms with van der Waals surface area (Å²) in [7, 11) is 2.14. The maximum Gasteiger partial charge on any atom is 0.0578 e. The van der Waals surface area contributed by atoms with Crippen LogP contribution in [0.4, 0.5) is 0 Å². The number of hydrogen-bond donors (Lipinski definition) is 0. The molecule has 3 heteroatoms. The SMILES string of the molecule is Cn1c(-c2ccccc2)c(/C=N\N2CCCCC2)c2ccccc21. The summed E-state index contributed by atoms with van der Waals surface area (Å²) in [6.45, 7) is 2.14. The summed E-state index contributed by atoms with van der Waals surface area (Å²) in [6, 6.07) is 19.2. The van der Waals surface area contributed by atoms with E-state index in [-0.39, 0.29) is 0 Å². The molecule has 0 radical (unpaired) electrons. The van der Waals surface area contributed by atoms with Gasteiger partial charge in [-0.05, 0) is 30.9 Å². The fourth-order valence-electron chi connectivity index (χ4n) is 3.63. The molecule has 0 bridgehead atoms. The Morgan fingerprint density at radius 2 is 1.58 bits per heavy atom. The Morgan fingerprint density at radius 3 is 2.38 bits per heavy atom. The van der Waals surface area contributed by atoms with Gasteiger partial charge in [-0.25, -0.2) is 0 Å². The van der Waals surface area contributed by atoms with Crippen LogP contribution in [0.2, 0.25) is 0 Å². The fourth-order valence-corrected chi connectivity index (χ4v) is 3.63. The highest BCUT2D eigenvalue weighted by atomic mass is 15.4. The first-order valence-electron chi connectivity index (χ1n) is 8.76. The molecule has 1 fully saturated rings. The lowest BCUT2D eigenvalue weighted by Gasteiger charge is -2.23. The summed E-state index contributed by atoms with van der Waals surface area (Å²) in [5, 5.41) is 8.27. The van der Waals surface area contributed by atoms with Crippen molar-refractivity contribution in [2.24, 2.45) is 12.1 Å².